The number of fused-ring (bicyclic) bond motifs is 4. The summed E-state index contributed by atoms with van der Waals surface area (Å²) in [5.74, 6) is -1.06. The van der Waals surface area contributed by atoms with Gasteiger partial charge in [-0.3, -0.25) is 9.59 Å². The Morgan fingerprint density at radius 3 is 2.49 bits per heavy atom. The number of unbranched alkanes of at least 4 members (excludes halogenated alkanes) is 1. The van der Waals surface area contributed by atoms with Crippen LogP contribution < -0.4 is 0 Å². The van der Waals surface area contributed by atoms with Crippen LogP contribution in [0.4, 0.5) is 0 Å². The van der Waals surface area contributed by atoms with Crippen molar-refractivity contribution in [3.63, 3.8) is 0 Å². The molecule has 2 aromatic carbocycles. The van der Waals surface area contributed by atoms with Gasteiger partial charge in [-0.25, -0.2) is 0 Å². The largest absolute Gasteiger partial charge is 0.508 e. The van der Waals surface area contributed by atoms with Gasteiger partial charge in [0.05, 0.1) is 12.2 Å². The van der Waals surface area contributed by atoms with Crippen LogP contribution in [0.2, 0.25) is 0 Å². The van der Waals surface area contributed by atoms with E-state index in [4.69, 9.17) is 9.47 Å². The first kappa shape index (κ1) is 32.1. The van der Waals surface area contributed by atoms with Gasteiger partial charge in [-0.1, -0.05) is 56.2 Å². The number of benzene rings is 2. The third-order valence-electron chi connectivity index (χ3n) is 7.95. The molecule has 0 amide bonds. The Morgan fingerprint density at radius 1 is 1.15 bits per heavy atom. The van der Waals surface area contributed by atoms with E-state index in [1.165, 1.54) is 13.0 Å². The van der Waals surface area contributed by atoms with Gasteiger partial charge in [0, 0.05) is 54.2 Å². The minimum atomic E-state index is -0.881. The molecule has 0 spiro atoms. The summed E-state index contributed by atoms with van der Waals surface area (Å²) in [6.07, 6.45) is 4.06. The molecule has 0 fully saturated rings. The average Bonchev–Trinajstić information content (AvgIpc) is 2.91. The van der Waals surface area contributed by atoms with E-state index in [1.54, 1.807) is 19.2 Å². The summed E-state index contributed by atoms with van der Waals surface area (Å²) in [6, 6.07) is 6.76. The van der Waals surface area contributed by atoms with E-state index in [-0.39, 0.29) is 29.6 Å². The Labute approximate surface area is 243 Å². The summed E-state index contributed by atoms with van der Waals surface area (Å²) < 4.78 is 11.4. The van der Waals surface area contributed by atoms with Crippen LogP contribution in [0.1, 0.15) is 98.2 Å². The predicted octanol–water partition coefficient (Wildman–Crippen LogP) is 6.54. The van der Waals surface area contributed by atoms with Gasteiger partial charge in [-0.2, -0.15) is 0 Å². The number of aliphatic hydroxyl groups excluding tert-OH is 1. The topological polar surface area (TPSA) is 113 Å². The number of esters is 1. The number of phenolic OH excluding ortho intramolecular Hbond substituents is 2. The highest BCUT2D eigenvalue weighted by Crippen LogP contribution is 2.38. The van der Waals surface area contributed by atoms with E-state index < -0.39 is 24.3 Å². The first-order chi connectivity index (χ1) is 19.4. The number of Topliss-reactive ketones (excluding diaryl/α,β-unsaturated/α-hetero) is 1. The van der Waals surface area contributed by atoms with Gasteiger partial charge in [0.2, 0.25) is 0 Å². The maximum absolute atomic E-state index is 13.6. The lowest BCUT2D eigenvalue weighted by molar-refractivity contribution is -0.145. The standard InChI is InChI=1S/C34H44O7/c1-8-9-11-27-28-14-19(2)15-31(40-7)32(38)20(3)16-21(4)34(41-23(6)35)26-13-10-12-25(22(26)5)29(36)17-24(33(28)39)18-30(27)37/h10,12-14,16,18,20,31-32,34,37-39H,8-9,11,15,17H2,1-7H3/t20?,31-,32+,34-/m0/s1. The number of hydrogen-bond donors (Lipinski definition) is 3. The van der Waals surface area contributed by atoms with Gasteiger partial charge in [-0.05, 0) is 57.2 Å². The third-order valence-corrected chi connectivity index (χ3v) is 7.95. The number of carbonyl (C=O) groups is 2. The van der Waals surface area contributed by atoms with Crippen molar-refractivity contribution in [3.8, 4) is 11.5 Å². The number of ether oxygens (including phenoxy) is 2. The van der Waals surface area contributed by atoms with Crippen molar-refractivity contribution in [2.45, 2.75) is 92.0 Å². The molecular formula is C34H44O7. The van der Waals surface area contributed by atoms with Crippen LogP contribution in [0.15, 0.2) is 41.5 Å². The van der Waals surface area contributed by atoms with Crippen LogP contribution in [-0.4, -0.2) is 46.4 Å². The highest BCUT2D eigenvalue weighted by molar-refractivity contribution is 5.99. The van der Waals surface area contributed by atoms with E-state index in [9.17, 15) is 24.9 Å². The predicted molar refractivity (Wildman–Crippen MR) is 160 cm³/mol. The molecule has 4 bridgehead atoms. The molecule has 0 saturated carbocycles. The SMILES string of the molecule is CCCCc1c(O)cc2c(O)c1C=C(C)C[C@H](OC)[C@H](O)C(C)C=C(C)[C@H](OC(C)=O)c1cccc(c1C)C(=O)C2. The summed E-state index contributed by atoms with van der Waals surface area (Å²) in [4.78, 5) is 25.8. The molecule has 41 heavy (non-hydrogen) atoms. The van der Waals surface area contributed by atoms with E-state index in [0.29, 0.717) is 46.2 Å². The van der Waals surface area contributed by atoms with Crippen molar-refractivity contribution in [2.24, 2.45) is 5.92 Å². The number of aliphatic hydroxyl groups is 1. The molecule has 7 heteroatoms. The summed E-state index contributed by atoms with van der Waals surface area (Å²) in [5.41, 5.74) is 4.75. The summed E-state index contributed by atoms with van der Waals surface area (Å²) in [7, 11) is 1.55. The molecule has 222 valence electrons. The molecule has 3 N–H and O–H groups in total. The zero-order chi connectivity index (χ0) is 30.4. The van der Waals surface area contributed by atoms with Crippen molar-refractivity contribution in [3.05, 3.63) is 74.9 Å². The van der Waals surface area contributed by atoms with Gasteiger partial charge in [0.15, 0.2) is 5.78 Å². The normalized spacial score (nSPS) is 22.0. The van der Waals surface area contributed by atoms with Crippen molar-refractivity contribution < 1.29 is 34.4 Å². The Bertz CT molecular complexity index is 1340. The second kappa shape index (κ2) is 14.0. The monoisotopic (exact) mass is 564 g/mol. The van der Waals surface area contributed by atoms with Crippen LogP contribution in [-0.2, 0) is 27.1 Å². The lowest BCUT2D eigenvalue weighted by atomic mass is 9.88. The molecule has 2 aromatic rings. The lowest BCUT2D eigenvalue weighted by Crippen LogP contribution is -2.33. The van der Waals surface area contributed by atoms with Gasteiger partial charge in [-0.15, -0.1) is 0 Å². The molecular weight excluding hydrogens is 520 g/mol. The quantitative estimate of drug-likeness (QED) is 0.215. The summed E-state index contributed by atoms with van der Waals surface area (Å²) >= 11 is 0. The van der Waals surface area contributed by atoms with E-state index in [2.05, 4.69) is 6.92 Å². The Kier molecular flexibility index (Phi) is 10.9. The zero-order valence-corrected chi connectivity index (χ0v) is 25.3. The molecule has 1 unspecified atom stereocenters. The number of ketones is 1. The van der Waals surface area contributed by atoms with Gasteiger partial charge >= 0.3 is 5.97 Å². The number of rotatable bonds is 5. The van der Waals surface area contributed by atoms with Gasteiger partial charge < -0.3 is 24.8 Å². The number of hydrogen-bond acceptors (Lipinski definition) is 7. The maximum atomic E-state index is 13.6. The average molecular weight is 565 g/mol. The fourth-order valence-corrected chi connectivity index (χ4v) is 5.66. The third kappa shape index (κ3) is 7.46. The second-order valence-electron chi connectivity index (χ2n) is 11.2. The fraction of sp³-hybridized carbons (Fsp3) is 0.471. The van der Waals surface area contributed by atoms with E-state index in [0.717, 1.165) is 24.0 Å². The van der Waals surface area contributed by atoms with Gasteiger partial charge in [0.25, 0.3) is 0 Å². The molecule has 0 aliphatic heterocycles. The summed E-state index contributed by atoms with van der Waals surface area (Å²) in [6.45, 7) is 10.8. The van der Waals surface area contributed by atoms with Crippen molar-refractivity contribution >= 4 is 17.8 Å². The molecule has 4 atom stereocenters. The van der Waals surface area contributed by atoms with E-state index in [1.807, 2.05) is 45.9 Å². The number of carbonyl (C=O) groups excluding carboxylic acids is 2. The first-order valence-electron chi connectivity index (χ1n) is 14.3. The van der Waals surface area contributed by atoms with Gasteiger partial charge in [0.1, 0.15) is 17.6 Å². The van der Waals surface area contributed by atoms with Crippen molar-refractivity contribution in [2.75, 3.05) is 7.11 Å². The minimum absolute atomic E-state index is 0.0354. The smallest absolute Gasteiger partial charge is 0.303 e. The molecule has 1 aliphatic carbocycles. The van der Waals surface area contributed by atoms with Crippen molar-refractivity contribution in [1.29, 1.82) is 0 Å². The molecule has 0 radical (unpaired) electrons. The molecule has 1 aliphatic rings. The maximum Gasteiger partial charge on any atom is 0.303 e. The molecule has 0 aromatic heterocycles. The van der Waals surface area contributed by atoms with Crippen LogP contribution in [0.3, 0.4) is 0 Å². The Hall–Kier alpha value is -3.42. The Morgan fingerprint density at radius 2 is 1.85 bits per heavy atom. The first-order valence-corrected chi connectivity index (χ1v) is 14.3. The number of aromatic hydroxyl groups is 2. The second-order valence-corrected chi connectivity index (χ2v) is 11.2. The van der Waals surface area contributed by atoms with Crippen LogP contribution in [0.25, 0.3) is 6.08 Å². The highest BCUT2D eigenvalue weighted by Gasteiger charge is 2.28. The molecule has 0 saturated heterocycles. The zero-order valence-electron chi connectivity index (χ0n) is 25.3. The number of phenols is 2. The van der Waals surface area contributed by atoms with Crippen molar-refractivity contribution in [1.82, 2.24) is 0 Å². The van der Waals surface area contributed by atoms with E-state index >= 15 is 0 Å². The molecule has 7 nitrogen and oxygen atoms in total. The fourth-order valence-electron chi connectivity index (χ4n) is 5.66. The van der Waals surface area contributed by atoms with Crippen LogP contribution >= 0.6 is 0 Å². The van der Waals surface area contributed by atoms with Crippen LogP contribution in [0, 0.1) is 12.8 Å². The number of methoxy groups -OCH3 is 1. The lowest BCUT2D eigenvalue weighted by Gasteiger charge is -2.27. The summed E-state index contributed by atoms with van der Waals surface area (Å²) in [5, 5.41) is 33.8. The highest BCUT2D eigenvalue weighted by atomic mass is 16.5. The molecule has 3 rings (SSSR count). The molecule has 0 heterocycles. The Balaban J connectivity index is 2.29. The minimum Gasteiger partial charge on any atom is -0.508 e. The van der Waals surface area contributed by atoms with Crippen LogP contribution in [0.5, 0.6) is 11.5 Å².